The van der Waals surface area contributed by atoms with Crippen molar-refractivity contribution in [2.45, 2.75) is 0 Å². The first kappa shape index (κ1) is 28.7. The summed E-state index contributed by atoms with van der Waals surface area (Å²) >= 11 is 0. The van der Waals surface area contributed by atoms with E-state index in [1.54, 1.807) is 0 Å². The van der Waals surface area contributed by atoms with Crippen LogP contribution in [0.2, 0.25) is 0 Å². The number of rotatable bonds is 4. The lowest BCUT2D eigenvalue weighted by molar-refractivity contribution is 0.669. The van der Waals surface area contributed by atoms with Crippen LogP contribution >= 0.6 is 0 Å². The Labute approximate surface area is 297 Å². The van der Waals surface area contributed by atoms with Crippen LogP contribution in [0.1, 0.15) is 0 Å². The zero-order chi connectivity index (χ0) is 34.2. The van der Waals surface area contributed by atoms with Gasteiger partial charge in [0.15, 0.2) is 17.5 Å². The van der Waals surface area contributed by atoms with Gasteiger partial charge in [0.2, 0.25) is 0 Å². The summed E-state index contributed by atoms with van der Waals surface area (Å²) in [6.45, 7) is 0. The second kappa shape index (κ2) is 11.2. The molecule has 52 heavy (non-hydrogen) atoms. The maximum absolute atomic E-state index is 6.59. The minimum Gasteiger partial charge on any atom is -0.455 e. The van der Waals surface area contributed by atoms with E-state index >= 15 is 0 Å². The van der Waals surface area contributed by atoms with Gasteiger partial charge in [0.25, 0.3) is 0 Å². The molecule has 0 spiro atoms. The van der Waals surface area contributed by atoms with Gasteiger partial charge in [0, 0.05) is 38.1 Å². The van der Waals surface area contributed by atoms with Crippen LogP contribution in [0.15, 0.2) is 173 Å². The van der Waals surface area contributed by atoms with Crippen LogP contribution in [0.5, 0.6) is 0 Å². The summed E-state index contributed by atoms with van der Waals surface area (Å²) in [6.07, 6.45) is 0. The third-order valence-electron chi connectivity index (χ3n) is 10.1. The zero-order valence-corrected chi connectivity index (χ0v) is 27.7. The van der Waals surface area contributed by atoms with Crippen molar-refractivity contribution in [1.82, 2.24) is 15.0 Å². The summed E-state index contributed by atoms with van der Waals surface area (Å²) in [7, 11) is 0. The van der Waals surface area contributed by atoms with Crippen molar-refractivity contribution in [2.75, 3.05) is 0 Å². The van der Waals surface area contributed by atoms with Gasteiger partial charge >= 0.3 is 0 Å². The molecule has 0 aliphatic carbocycles. The van der Waals surface area contributed by atoms with Gasteiger partial charge < -0.3 is 8.83 Å². The Kier molecular flexibility index (Phi) is 6.18. The Morgan fingerprint density at radius 2 is 0.923 bits per heavy atom. The van der Waals surface area contributed by atoms with Crippen molar-refractivity contribution in [3.63, 3.8) is 0 Å². The highest BCUT2D eigenvalue weighted by molar-refractivity contribution is 6.19. The number of hydrogen-bond donors (Lipinski definition) is 0. The minimum atomic E-state index is 0.548. The Balaban J connectivity index is 1.16. The maximum atomic E-state index is 6.59. The van der Waals surface area contributed by atoms with Gasteiger partial charge in [-0.05, 0) is 69.8 Å². The summed E-state index contributed by atoms with van der Waals surface area (Å²) in [5.41, 5.74) is 8.17. The molecule has 0 aliphatic heterocycles. The van der Waals surface area contributed by atoms with Crippen LogP contribution in [-0.4, -0.2) is 15.0 Å². The molecule has 5 heteroatoms. The molecule has 3 heterocycles. The number of fused-ring (bicyclic) bond motifs is 9. The Morgan fingerprint density at radius 3 is 1.79 bits per heavy atom. The molecule has 0 fully saturated rings. The molecule has 0 unspecified atom stereocenters. The molecule has 3 aromatic heterocycles. The highest BCUT2D eigenvalue weighted by Crippen LogP contribution is 2.41. The highest BCUT2D eigenvalue weighted by Gasteiger charge is 2.20. The first-order chi connectivity index (χ1) is 25.7. The van der Waals surface area contributed by atoms with Crippen molar-refractivity contribution in [3.8, 4) is 45.3 Å². The van der Waals surface area contributed by atoms with Gasteiger partial charge in [0.1, 0.15) is 22.3 Å². The second-order valence-corrected chi connectivity index (χ2v) is 13.2. The van der Waals surface area contributed by atoms with Crippen molar-refractivity contribution < 1.29 is 8.83 Å². The highest BCUT2D eigenvalue weighted by atomic mass is 16.3. The number of para-hydroxylation sites is 2. The minimum absolute atomic E-state index is 0.548. The van der Waals surface area contributed by atoms with E-state index in [-0.39, 0.29) is 0 Å². The van der Waals surface area contributed by atoms with Crippen molar-refractivity contribution >= 4 is 65.4 Å². The van der Waals surface area contributed by atoms with Crippen molar-refractivity contribution in [3.05, 3.63) is 164 Å². The second-order valence-electron chi connectivity index (χ2n) is 13.2. The van der Waals surface area contributed by atoms with E-state index < -0.39 is 0 Å². The third kappa shape index (κ3) is 4.46. The molecule has 0 bridgehead atoms. The summed E-state index contributed by atoms with van der Waals surface area (Å²) in [5, 5.41) is 8.65. The molecule has 8 aromatic carbocycles. The molecule has 0 N–H and O–H groups in total. The van der Waals surface area contributed by atoms with E-state index in [0.29, 0.717) is 17.5 Å². The molecule has 5 nitrogen and oxygen atoms in total. The fourth-order valence-corrected chi connectivity index (χ4v) is 7.60. The molecule has 11 aromatic rings. The lowest BCUT2D eigenvalue weighted by atomic mass is 9.95. The van der Waals surface area contributed by atoms with Crippen LogP contribution < -0.4 is 0 Å². The molecule has 0 radical (unpaired) electrons. The summed E-state index contributed by atoms with van der Waals surface area (Å²) in [6, 6.07) is 56.4. The fraction of sp³-hybridized carbons (Fsp3) is 0. The van der Waals surface area contributed by atoms with E-state index in [1.807, 2.05) is 48.5 Å². The van der Waals surface area contributed by atoms with Crippen LogP contribution in [0, 0.1) is 0 Å². The molecule has 0 saturated heterocycles. The average Bonchev–Trinajstić information content (AvgIpc) is 3.79. The third-order valence-corrected chi connectivity index (χ3v) is 10.1. The molecular formula is C47H27N3O2. The number of nitrogens with zero attached hydrogens (tertiary/aromatic N) is 3. The average molecular weight is 666 g/mol. The smallest absolute Gasteiger partial charge is 0.167 e. The molecule has 0 aliphatic rings. The van der Waals surface area contributed by atoms with Crippen LogP contribution in [0.4, 0.5) is 0 Å². The number of aromatic nitrogens is 3. The zero-order valence-electron chi connectivity index (χ0n) is 27.7. The maximum Gasteiger partial charge on any atom is 0.167 e. The van der Waals surface area contributed by atoms with Gasteiger partial charge in [-0.1, -0.05) is 121 Å². The molecule has 11 rings (SSSR count). The largest absolute Gasteiger partial charge is 0.455 e. The fourth-order valence-electron chi connectivity index (χ4n) is 7.60. The number of furan rings is 2. The van der Waals surface area contributed by atoms with Crippen LogP contribution in [0.25, 0.3) is 111 Å². The normalized spacial score (nSPS) is 11.8. The van der Waals surface area contributed by atoms with E-state index in [9.17, 15) is 0 Å². The standard InChI is InChI=1S/C47H27N3O2/c1-2-12-29(13-3-1)38-27-40-39-26-32(23-24-42(39)52-44(40)35-17-7-6-15-33(35)38)46-48-45(31-22-21-28-11-4-5-14-30(28)25-31)49-47(50-46)37-19-10-18-36-34-16-8-9-20-41(34)51-43(36)37/h1-27H. The lowest BCUT2D eigenvalue weighted by Crippen LogP contribution is -2.00. The SMILES string of the molecule is c1ccc(-c2cc3c4cc(-c5nc(-c6ccc7ccccc7c6)nc(-c6cccc7c6oc6ccccc67)n5)ccc4oc3c3ccccc23)cc1. The van der Waals surface area contributed by atoms with Gasteiger partial charge in [0.05, 0.1) is 5.56 Å². The first-order valence-electron chi connectivity index (χ1n) is 17.3. The molecular weight excluding hydrogens is 639 g/mol. The summed E-state index contributed by atoms with van der Waals surface area (Å²) in [5.74, 6) is 1.71. The molecule has 242 valence electrons. The number of hydrogen-bond acceptors (Lipinski definition) is 5. The predicted molar refractivity (Wildman–Crippen MR) is 211 cm³/mol. The summed E-state index contributed by atoms with van der Waals surface area (Å²) < 4.78 is 13.0. The van der Waals surface area contributed by atoms with Gasteiger partial charge in [-0.3, -0.25) is 0 Å². The van der Waals surface area contributed by atoms with Crippen molar-refractivity contribution in [2.24, 2.45) is 0 Å². The van der Waals surface area contributed by atoms with Gasteiger partial charge in [-0.15, -0.1) is 0 Å². The quantitative estimate of drug-likeness (QED) is 0.187. The van der Waals surface area contributed by atoms with E-state index in [4.69, 9.17) is 23.8 Å². The van der Waals surface area contributed by atoms with Crippen molar-refractivity contribution in [1.29, 1.82) is 0 Å². The first-order valence-corrected chi connectivity index (χ1v) is 17.3. The Bertz CT molecular complexity index is 3190. The summed E-state index contributed by atoms with van der Waals surface area (Å²) in [4.78, 5) is 15.4. The number of benzene rings is 8. The van der Waals surface area contributed by atoms with Crippen LogP contribution in [-0.2, 0) is 0 Å². The lowest BCUT2D eigenvalue weighted by Gasteiger charge is -2.10. The Hall–Kier alpha value is -7.11. The van der Waals surface area contributed by atoms with E-state index in [2.05, 4.69) is 115 Å². The van der Waals surface area contributed by atoms with Crippen LogP contribution in [0.3, 0.4) is 0 Å². The Morgan fingerprint density at radius 1 is 0.308 bits per heavy atom. The molecule has 0 atom stereocenters. The molecule has 0 amide bonds. The van der Waals surface area contributed by atoms with Gasteiger partial charge in [-0.25, -0.2) is 15.0 Å². The topological polar surface area (TPSA) is 65.0 Å². The van der Waals surface area contributed by atoms with E-state index in [1.165, 1.54) is 0 Å². The monoisotopic (exact) mass is 665 g/mol. The van der Waals surface area contributed by atoms with Gasteiger partial charge in [-0.2, -0.15) is 0 Å². The van der Waals surface area contributed by atoms with E-state index in [0.717, 1.165) is 93.2 Å². The predicted octanol–water partition coefficient (Wildman–Crippen LogP) is 12.6. The molecule has 0 saturated carbocycles.